The minimum absolute atomic E-state index is 0.254. The van der Waals surface area contributed by atoms with E-state index in [2.05, 4.69) is 31.4 Å². The van der Waals surface area contributed by atoms with E-state index in [1.165, 1.54) is 34.6 Å². The summed E-state index contributed by atoms with van der Waals surface area (Å²) in [6.07, 6.45) is 1.24. The van der Waals surface area contributed by atoms with Gasteiger partial charge >= 0.3 is 0 Å². The Morgan fingerprint density at radius 3 is 2.72 bits per heavy atom. The monoisotopic (exact) mass is 266 g/mol. The Bertz CT molecular complexity index is 417. The molecule has 1 aliphatic heterocycles. The van der Waals surface area contributed by atoms with Crippen molar-refractivity contribution >= 4 is 11.8 Å². The van der Waals surface area contributed by atoms with Crippen LogP contribution in [0.2, 0.25) is 0 Å². The molecule has 0 bridgehead atoms. The maximum absolute atomic E-state index is 5.78. The molecule has 1 aliphatic rings. The number of hydrazine groups is 1. The van der Waals surface area contributed by atoms with Gasteiger partial charge in [-0.05, 0) is 60.4 Å². The highest BCUT2D eigenvalue weighted by atomic mass is 32.2. The first-order chi connectivity index (χ1) is 8.67. The van der Waals surface area contributed by atoms with Crippen molar-refractivity contribution in [2.24, 2.45) is 11.8 Å². The van der Waals surface area contributed by atoms with E-state index in [9.17, 15) is 0 Å². The van der Waals surface area contributed by atoms with Crippen molar-refractivity contribution in [3.63, 3.8) is 0 Å². The van der Waals surface area contributed by atoms with Gasteiger partial charge in [0.1, 0.15) is 5.75 Å². The van der Waals surface area contributed by atoms with Gasteiger partial charge in [0, 0.05) is 6.04 Å². The second-order valence-corrected chi connectivity index (χ2v) is 6.10. The van der Waals surface area contributed by atoms with Crippen molar-refractivity contribution < 1.29 is 4.74 Å². The van der Waals surface area contributed by atoms with E-state index in [1.807, 2.05) is 11.8 Å². The van der Waals surface area contributed by atoms with Crippen molar-refractivity contribution in [3.05, 3.63) is 28.8 Å². The molecule has 0 saturated carbocycles. The summed E-state index contributed by atoms with van der Waals surface area (Å²) in [5.41, 5.74) is 6.74. The maximum Gasteiger partial charge on any atom is 0.122 e. The molecule has 1 aromatic rings. The smallest absolute Gasteiger partial charge is 0.122 e. The third-order valence-electron chi connectivity index (χ3n) is 3.73. The topological polar surface area (TPSA) is 47.3 Å². The highest BCUT2D eigenvalue weighted by molar-refractivity contribution is 7.99. The van der Waals surface area contributed by atoms with E-state index in [-0.39, 0.29) is 6.04 Å². The van der Waals surface area contributed by atoms with Crippen LogP contribution >= 0.6 is 11.8 Å². The lowest BCUT2D eigenvalue weighted by atomic mass is 9.89. The molecule has 1 fully saturated rings. The highest BCUT2D eigenvalue weighted by Gasteiger charge is 2.27. The second kappa shape index (κ2) is 5.95. The minimum atomic E-state index is 0.254. The number of benzene rings is 1. The molecule has 18 heavy (non-hydrogen) atoms. The quantitative estimate of drug-likeness (QED) is 0.649. The molecule has 0 spiro atoms. The predicted molar refractivity (Wildman–Crippen MR) is 78.0 cm³/mol. The molecule has 0 amide bonds. The lowest BCUT2D eigenvalue weighted by Gasteiger charge is -2.25. The Balaban J connectivity index is 2.32. The van der Waals surface area contributed by atoms with Gasteiger partial charge in [-0.2, -0.15) is 11.8 Å². The number of thioether (sulfide) groups is 1. The van der Waals surface area contributed by atoms with Crippen LogP contribution in [-0.2, 0) is 0 Å². The number of rotatable bonds is 4. The van der Waals surface area contributed by atoms with Crippen molar-refractivity contribution in [1.82, 2.24) is 5.43 Å². The Labute approximate surface area is 113 Å². The summed E-state index contributed by atoms with van der Waals surface area (Å²) in [4.78, 5) is 0. The number of methoxy groups -OCH3 is 1. The molecular formula is C14H22N2OS. The fraction of sp³-hybridized carbons (Fsp3) is 0.571. The van der Waals surface area contributed by atoms with Gasteiger partial charge in [0.05, 0.1) is 7.11 Å². The van der Waals surface area contributed by atoms with E-state index >= 15 is 0 Å². The minimum Gasteiger partial charge on any atom is -0.496 e. The van der Waals surface area contributed by atoms with Crippen LogP contribution in [0.3, 0.4) is 0 Å². The third kappa shape index (κ3) is 2.66. The molecule has 4 heteroatoms. The first kappa shape index (κ1) is 13.7. The van der Waals surface area contributed by atoms with Crippen molar-refractivity contribution in [2.45, 2.75) is 26.3 Å². The molecule has 1 heterocycles. The molecule has 3 nitrogen and oxygen atoms in total. The van der Waals surface area contributed by atoms with Crippen molar-refractivity contribution in [2.75, 3.05) is 18.6 Å². The van der Waals surface area contributed by atoms with E-state index in [0.29, 0.717) is 5.92 Å². The van der Waals surface area contributed by atoms with Crippen LogP contribution in [0.25, 0.3) is 0 Å². The Morgan fingerprint density at radius 2 is 2.17 bits per heavy atom. The molecule has 1 saturated heterocycles. The Hall–Kier alpha value is -0.710. The zero-order valence-electron chi connectivity index (χ0n) is 11.3. The standard InChI is InChI=1S/C14H22N2OS/c1-9-7-13(17-3)10(2)6-12(9)14(16-15)11-4-5-18-8-11/h6-7,11,14,16H,4-5,8,15H2,1-3H3. The van der Waals surface area contributed by atoms with E-state index in [4.69, 9.17) is 10.6 Å². The van der Waals surface area contributed by atoms with Gasteiger partial charge in [-0.25, -0.2) is 0 Å². The summed E-state index contributed by atoms with van der Waals surface area (Å²) in [7, 11) is 1.72. The maximum atomic E-state index is 5.78. The van der Waals surface area contributed by atoms with Crippen LogP contribution in [-0.4, -0.2) is 18.6 Å². The van der Waals surface area contributed by atoms with Crippen LogP contribution in [0.15, 0.2) is 12.1 Å². The van der Waals surface area contributed by atoms with Crippen molar-refractivity contribution in [3.8, 4) is 5.75 Å². The van der Waals surface area contributed by atoms with Gasteiger partial charge in [-0.3, -0.25) is 11.3 Å². The number of ether oxygens (including phenoxy) is 1. The number of hydrogen-bond donors (Lipinski definition) is 2. The second-order valence-electron chi connectivity index (χ2n) is 4.95. The Morgan fingerprint density at radius 1 is 1.39 bits per heavy atom. The van der Waals surface area contributed by atoms with E-state index < -0.39 is 0 Å². The summed E-state index contributed by atoms with van der Waals surface area (Å²) in [5, 5.41) is 0. The van der Waals surface area contributed by atoms with Gasteiger partial charge < -0.3 is 4.74 Å². The van der Waals surface area contributed by atoms with Gasteiger partial charge in [0.2, 0.25) is 0 Å². The largest absolute Gasteiger partial charge is 0.496 e. The molecule has 100 valence electrons. The first-order valence-electron chi connectivity index (χ1n) is 6.36. The van der Waals surface area contributed by atoms with Gasteiger partial charge in [-0.15, -0.1) is 0 Å². The van der Waals surface area contributed by atoms with Gasteiger partial charge in [0.25, 0.3) is 0 Å². The van der Waals surface area contributed by atoms with E-state index in [0.717, 1.165) is 5.75 Å². The predicted octanol–water partition coefficient (Wildman–Crippen LogP) is 2.57. The fourth-order valence-corrected chi connectivity index (χ4v) is 3.96. The summed E-state index contributed by atoms with van der Waals surface area (Å²) in [6, 6.07) is 4.57. The van der Waals surface area contributed by atoms with Gasteiger partial charge in [-0.1, -0.05) is 6.07 Å². The van der Waals surface area contributed by atoms with Crippen LogP contribution in [0.5, 0.6) is 5.75 Å². The fourth-order valence-electron chi connectivity index (χ4n) is 2.66. The lowest BCUT2D eigenvalue weighted by Crippen LogP contribution is -2.34. The molecule has 2 rings (SSSR count). The third-order valence-corrected chi connectivity index (χ3v) is 4.92. The van der Waals surface area contributed by atoms with Gasteiger partial charge in [0.15, 0.2) is 0 Å². The molecule has 3 N–H and O–H groups in total. The normalized spacial score (nSPS) is 21.0. The summed E-state index contributed by atoms with van der Waals surface area (Å²) < 4.78 is 5.36. The molecule has 0 aliphatic carbocycles. The number of nitrogens with one attached hydrogen (secondary N) is 1. The van der Waals surface area contributed by atoms with Crippen LogP contribution in [0.4, 0.5) is 0 Å². The SMILES string of the molecule is COc1cc(C)c(C(NN)C2CCSC2)cc1C. The molecule has 2 atom stereocenters. The average molecular weight is 266 g/mol. The van der Waals surface area contributed by atoms with Crippen LogP contribution < -0.4 is 16.0 Å². The first-order valence-corrected chi connectivity index (χ1v) is 7.51. The molecule has 0 radical (unpaired) electrons. The molecular weight excluding hydrogens is 244 g/mol. The Kier molecular flexibility index (Phi) is 4.54. The number of aryl methyl sites for hydroxylation is 2. The van der Waals surface area contributed by atoms with E-state index in [1.54, 1.807) is 7.11 Å². The van der Waals surface area contributed by atoms with Crippen molar-refractivity contribution in [1.29, 1.82) is 0 Å². The highest BCUT2D eigenvalue weighted by Crippen LogP contribution is 2.36. The van der Waals surface area contributed by atoms with Crippen LogP contribution in [0.1, 0.15) is 29.2 Å². The number of hydrogen-bond acceptors (Lipinski definition) is 4. The summed E-state index contributed by atoms with van der Waals surface area (Å²) in [5.74, 6) is 9.81. The molecule has 1 aromatic carbocycles. The number of nitrogens with two attached hydrogens (primary N) is 1. The lowest BCUT2D eigenvalue weighted by molar-refractivity contribution is 0.394. The molecule has 2 unspecified atom stereocenters. The summed E-state index contributed by atoms with van der Waals surface area (Å²) in [6.45, 7) is 4.21. The summed E-state index contributed by atoms with van der Waals surface area (Å²) >= 11 is 2.02. The molecule has 0 aromatic heterocycles. The zero-order chi connectivity index (χ0) is 13.1. The zero-order valence-corrected chi connectivity index (χ0v) is 12.1. The average Bonchev–Trinajstić information content (AvgIpc) is 2.87. The van der Waals surface area contributed by atoms with Crippen LogP contribution in [0, 0.1) is 19.8 Å².